The van der Waals surface area contributed by atoms with Crippen molar-refractivity contribution in [2.45, 2.75) is 64.2 Å². The molecule has 35 heavy (non-hydrogen) atoms. The van der Waals surface area contributed by atoms with Crippen LogP contribution in [-0.2, 0) is 0 Å². The van der Waals surface area contributed by atoms with Crippen LogP contribution in [0, 0.1) is 17.5 Å². The normalized spacial score (nSPS) is 17.9. The van der Waals surface area contributed by atoms with Crippen molar-refractivity contribution >= 4 is 0 Å². The summed E-state index contributed by atoms with van der Waals surface area (Å²) in [5, 5.41) is 0. The second kappa shape index (κ2) is 11.7. The maximum atomic E-state index is 14.8. The number of hydrogen-bond acceptors (Lipinski definition) is 2. The highest BCUT2D eigenvalue weighted by molar-refractivity contribution is 5.64. The number of hydrogen-bond donors (Lipinski definition) is 0. The summed E-state index contributed by atoms with van der Waals surface area (Å²) in [4.78, 5) is 0. The number of halogens is 3. The molecule has 1 saturated carbocycles. The van der Waals surface area contributed by atoms with E-state index in [1.807, 2.05) is 32.0 Å². The van der Waals surface area contributed by atoms with Gasteiger partial charge in [-0.1, -0.05) is 49.7 Å². The number of rotatable bonds is 9. The van der Waals surface area contributed by atoms with E-state index in [0.29, 0.717) is 24.7 Å². The molecule has 0 N–H and O–H groups in total. The van der Waals surface area contributed by atoms with Gasteiger partial charge in [-0.3, -0.25) is 0 Å². The summed E-state index contributed by atoms with van der Waals surface area (Å²) < 4.78 is 54.2. The Hall–Kier alpha value is -2.95. The van der Waals surface area contributed by atoms with Crippen LogP contribution in [0.1, 0.15) is 75.3 Å². The van der Waals surface area contributed by atoms with Gasteiger partial charge in [-0.25, -0.2) is 8.78 Å². The Balaban J connectivity index is 1.38. The van der Waals surface area contributed by atoms with Gasteiger partial charge in [0.25, 0.3) is 0 Å². The second-order valence-electron chi connectivity index (χ2n) is 9.23. The zero-order valence-corrected chi connectivity index (χ0v) is 20.5. The van der Waals surface area contributed by atoms with Crippen molar-refractivity contribution < 1.29 is 22.6 Å². The fraction of sp³-hybridized carbons (Fsp3) is 0.400. The number of unbranched alkanes of at least 4 members (excludes halogenated alkanes) is 1. The molecule has 0 bridgehead atoms. The first-order valence-corrected chi connectivity index (χ1v) is 12.6. The lowest BCUT2D eigenvalue weighted by molar-refractivity contribution is 0.286. The van der Waals surface area contributed by atoms with E-state index in [9.17, 15) is 13.2 Å². The van der Waals surface area contributed by atoms with E-state index < -0.39 is 11.6 Å². The third kappa shape index (κ3) is 5.83. The molecule has 0 spiro atoms. The lowest BCUT2D eigenvalue weighted by Crippen LogP contribution is -2.14. The standard InChI is InChI=1S/C30H33F3O2/c1-3-5-18-35-28-17-15-25(29(32)30(28)33)23-12-10-21(11-13-23)20-6-8-22(9-7-20)24-14-16-27(34-4-2)26(31)19-24/h6-9,14-17,19,21,23H,3-5,10-13,18H2,1-2H3. The average molecular weight is 483 g/mol. The molecule has 186 valence electrons. The van der Waals surface area contributed by atoms with Gasteiger partial charge in [0.2, 0.25) is 5.82 Å². The van der Waals surface area contributed by atoms with Crippen LogP contribution in [0.25, 0.3) is 11.1 Å². The first-order valence-electron chi connectivity index (χ1n) is 12.6. The molecule has 5 heteroatoms. The molecule has 0 amide bonds. The molecule has 1 aliphatic carbocycles. The molecule has 0 atom stereocenters. The highest BCUT2D eigenvalue weighted by Gasteiger charge is 2.27. The summed E-state index contributed by atoms with van der Waals surface area (Å²) in [6.45, 7) is 4.67. The Morgan fingerprint density at radius 3 is 2.03 bits per heavy atom. The van der Waals surface area contributed by atoms with E-state index in [2.05, 4.69) is 12.1 Å². The highest BCUT2D eigenvalue weighted by Crippen LogP contribution is 2.42. The zero-order valence-electron chi connectivity index (χ0n) is 20.5. The van der Waals surface area contributed by atoms with Crippen molar-refractivity contribution in [3.63, 3.8) is 0 Å². The summed E-state index contributed by atoms with van der Waals surface area (Å²) >= 11 is 0. The van der Waals surface area contributed by atoms with Gasteiger partial charge < -0.3 is 9.47 Å². The zero-order chi connectivity index (χ0) is 24.8. The van der Waals surface area contributed by atoms with E-state index in [4.69, 9.17) is 9.47 Å². The SMILES string of the molecule is CCCCOc1ccc(C2CCC(c3ccc(-c4ccc(OCC)c(F)c4)cc3)CC2)c(F)c1F. The Morgan fingerprint density at radius 2 is 1.37 bits per heavy atom. The van der Waals surface area contributed by atoms with E-state index in [0.717, 1.165) is 49.7 Å². The van der Waals surface area contributed by atoms with Crippen LogP contribution in [-0.4, -0.2) is 13.2 Å². The molecule has 3 aromatic carbocycles. The van der Waals surface area contributed by atoms with Gasteiger partial charge in [0.05, 0.1) is 13.2 Å². The smallest absolute Gasteiger partial charge is 0.200 e. The van der Waals surface area contributed by atoms with Gasteiger partial charge in [-0.15, -0.1) is 0 Å². The Bertz CT molecular complexity index is 1120. The quantitative estimate of drug-likeness (QED) is 0.284. The van der Waals surface area contributed by atoms with Crippen molar-refractivity contribution in [3.05, 3.63) is 83.2 Å². The molecule has 0 unspecified atom stereocenters. The largest absolute Gasteiger partial charge is 0.491 e. The Labute approximate surface area is 206 Å². The van der Waals surface area contributed by atoms with E-state index in [1.165, 1.54) is 11.6 Å². The first kappa shape index (κ1) is 25.2. The van der Waals surface area contributed by atoms with E-state index >= 15 is 0 Å². The fourth-order valence-electron chi connectivity index (χ4n) is 4.94. The minimum absolute atomic E-state index is 0.000821. The Morgan fingerprint density at radius 1 is 0.714 bits per heavy atom. The van der Waals surface area contributed by atoms with Gasteiger partial charge in [0.1, 0.15) is 0 Å². The molecule has 2 nitrogen and oxygen atoms in total. The summed E-state index contributed by atoms with van der Waals surface area (Å²) in [6, 6.07) is 16.5. The van der Waals surface area contributed by atoms with Gasteiger partial charge in [0, 0.05) is 0 Å². The molecular formula is C30H33F3O2. The molecule has 0 aromatic heterocycles. The average Bonchev–Trinajstić information content (AvgIpc) is 2.88. The van der Waals surface area contributed by atoms with Crippen molar-refractivity contribution in [1.29, 1.82) is 0 Å². The van der Waals surface area contributed by atoms with E-state index in [1.54, 1.807) is 18.2 Å². The molecule has 1 fully saturated rings. The van der Waals surface area contributed by atoms with Crippen LogP contribution in [0.2, 0.25) is 0 Å². The molecule has 4 rings (SSSR count). The number of ether oxygens (including phenoxy) is 2. The molecule has 1 aliphatic rings. The predicted octanol–water partition coefficient (Wildman–Crippen LogP) is 8.79. The predicted molar refractivity (Wildman–Crippen MR) is 134 cm³/mol. The van der Waals surface area contributed by atoms with Crippen LogP contribution in [0.4, 0.5) is 13.2 Å². The van der Waals surface area contributed by atoms with Crippen molar-refractivity contribution in [2.75, 3.05) is 13.2 Å². The first-order chi connectivity index (χ1) is 17.0. The van der Waals surface area contributed by atoms with Crippen LogP contribution >= 0.6 is 0 Å². The fourth-order valence-corrected chi connectivity index (χ4v) is 4.94. The third-order valence-corrected chi connectivity index (χ3v) is 6.95. The van der Waals surface area contributed by atoms with Crippen LogP contribution in [0.3, 0.4) is 0 Å². The molecule has 0 saturated heterocycles. The van der Waals surface area contributed by atoms with Crippen molar-refractivity contribution in [2.24, 2.45) is 0 Å². The van der Waals surface area contributed by atoms with Crippen LogP contribution in [0.15, 0.2) is 54.6 Å². The number of benzene rings is 3. The van der Waals surface area contributed by atoms with E-state index in [-0.39, 0.29) is 23.2 Å². The third-order valence-electron chi connectivity index (χ3n) is 6.95. The van der Waals surface area contributed by atoms with Gasteiger partial charge in [-0.05, 0) is 91.3 Å². The van der Waals surface area contributed by atoms with Crippen molar-refractivity contribution in [3.8, 4) is 22.6 Å². The maximum Gasteiger partial charge on any atom is 0.200 e. The van der Waals surface area contributed by atoms with Gasteiger partial charge in [0.15, 0.2) is 23.1 Å². The van der Waals surface area contributed by atoms with Gasteiger partial charge in [-0.2, -0.15) is 4.39 Å². The highest BCUT2D eigenvalue weighted by atomic mass is 19.2. The lowest BCUT2D eigenvalue weighted by Gasteiger charge is -2.29. The summed E-state index contributed by atoms with van der Waals surface area (Å²) in [6.07, 6.45) is 5.19. The minimum atomic E-state index is -0.873. The molecule has 0 heterocycles. The summed E-state index contributed by atoms with van der Waals surface area (Å²) in [7, 11) is 0. The topological polar surface area (TPSA) is 18.5 Å². The Kier molecular flexibility index (Phi) is 8.37. The second-order valence-corrected chi connectivity index (χ2v) is 9.23. The van der Waals surface area contributed by atoms with Crippen LogP contribution in [0.5, 0.6) is 11.5 Å². The van der Waals surface area contributed by atoms with Crippen LogP contribution < -0.4 is 9.47 Å². The monoisotopic (exact) mass is 482 g/mol. The minimum Gasteiger partial charge on any atom is -0.491 e. The van der Waals surface area contributed by atoms with Crippen molar-refractivity contribution in [1.82, 2.24) is 0 Å². The lowest BCUT2D eigenvalue weighted by atomic mass is 9.76. The molecule has 0 aliphatic heterocycles. The van der Waals surface area contributed by atoms with Gasteiger partial charge >= 0.3 is 0 Å². The summed E-state index contributed by atoms with van der Waals surface area (Å²) in [5.41, 5.74) is 3.44. The molecule has 3 aromatic rings. The maximum absolute atomic E-state index is 14.8. The summed E-state index contributed by atoms with van der Waals surface area (Å²) in [5.74, 6) is -1.36. The molecule has 0 radical (unpaired) electrons. The molecular weight excluding hydrogens is 449 g/mol.